The van der Waals surface area contributed by atoms with E-state index >= 15 is 4.39 Å². The van der Waals surface area contributed by atoms with Crippen molar-refractivity contribution in [2.45, 2.75) is 64.5 Å². The van der Waals surface area contributed by atoms with Crippen LogP contribution in [0.25, 0.3) is 0 Å². The number of imide groups is 1. The molecule has 15 heteroatoms. The number of anilines is 1. The number of ether oxygens (including phenoxy) is 2. The van der Waals surface area contributed by atoms with Crippen molar-refractivity contribution in [2.75, 3.05) is 11.9 Å². The molecule has 2 aliphatic rings. The number of esters is 1. The van der Waals surface area contributed by atoms with Gasteiger partial charge in [0.05, 0.1) is 17.7 Å². The summed E-state index contributed by atoms with van der Waals surface area (Å²) >= 11 is 0. The van der Waals surface area contributed by atoms with E-state index in [0.717, 1.165) is 6.07 Å². The van der Waals surface area contributed by atoms with Gasteiger partial charge in [0, 0.05) is 41.4 Å². The lowest BCUT2D eigenvalue weighted by Crippen LogP contribution is -2.52. The largest absolute Gasteiger partial charge is 0.489 e. The molecule has 1 unspecified atom stereocenters. The Kier molecular flexibility index (Phi) is 9.21. The highest BCUT2D eigenvalue weighted by atomic mass is 19.4. The molecule has 0 saturated carbocycles. The summed E-state index contributed by atoms with van der Waals surface area (Å²) in [7, 11) is 0. The Bertz CT molecular complexity index is 1580. The fourth-order valence-electron chi connectivity index (χ4n) is 4.64. The van der Waals surface area contributed by atoms with Gasteiger partial charge in [-0.15, -0.1) is 0 Å². The Labute approximate surface area is 254 Å². The molecule has 3 N–H and O–H groups in total. The van der Waals surface area contributed by atoms with Crippen molar-refractivity contribution in [1.82, 2.24) is 15.5 Å². The Morgan fingerprint density at radius 1 is 1.11 bits per heavy atom. The molecule has 11 nitrogen and oxygen atoms in total. The van der Waals surface area contributed by atoms with Crippen LogP contribution < -0.4 is 20.7 Å². The molecule has 240 valence electrons. The van der Waals surface area contributed by atoms with Crippen LogP contribution in [0.15, 0.2) is 42.5 Å². The summed E-state index contributed by atoms with van der Waals surface area (Å²) in [6.07, 6.45) is -4.67. The molecule has 0 aromatic heterocycles. The van der Waals surface area contributed by atoms with Gasteiger partial charge in [0.25, 0.3) is 5.91 Å². The quantitative estimate of drug-likeness (QED) is 0.171. The van der Waals surface area contributed by atoms with E-state index < -0.39 is 72.1 Å². The second-order valence-electron chi connectivity index (χ2n) is 11.4. The third-order valence-corrected chi connectivity index (χ3v) is 6.76. The average molecular weight is 635 g/mol. The van der Waals surface area contributed by atoms with Crippen molar-refractivity contribution in [3.05, 3.63) is 70.6 Å². The number of benzene rings is 2. The van der Waals surface area contributed by atoms with Gasteiger partial charge in [-0.05, 0) is 45.4 Å². The van der Waals surface area contributed by atoms with Crippen LogP contribution in [0.2, 0.25) is 0 Å². The molecule has 0 radical (unpaired) electrons. The van der Waals surface area contributed by atoms with E-state index in [1.165, 1.54) is 17.0 Å². The lowest BCUT2D eigenvalue weighted by atomic mass is 10.0. The van der Waals surface area contributed by atoms with Crippen LogP contribution in [0.1, 0.15) is 60.7 Å². The minimum Gasteiger partial charge on any atom is -0.489 e. The number of alkyl halides is 3. The zero-order valence-corrected chi connectivity index (χ0v) is 24.5. The van der Waals surface area contributed by atoms with Gasteiger partial charge in [0.15, 0.2) is 0 Å². The highest BCUT2D eigenvalue weighted by Crippen LogP contribution is 2.35. The molecular weight excluding hydrogens is 604 g/mol. The Hall–Kier alpha value is -4.95. The van der Waals surface area contributed by atoms with Crippen LogP contribution in [0, 0.1) is 5.82 Å². The van der Waals surface area contributed by atoms with Gasteiger partial charge in [0.2, 0.25) is 11.8 Å². The Morgan fingerprint density at radius 3 is 2.47 bits per heavy atom. The maximum Gasteiger partial charge on any atom is 0.416 e. The zero-order chi connectivity index (χ0) is 33.3. The van der Waals surface area contributed by atoms with E-state index in [-0.39, 0.29) is 53.1 Å². The van der Waals surface area contributed by atoms with Gasteiger partial charge in [0.1, 0.15) is 29.8 Å². The molecule has 2 aliphatic heterocycles. The second-order valence-corrected chi connectivity index (χ2v) is 11.4. The lowest BCUT2D eigenvalue weighted by Gasteiger charge is -2.29. The van der Waals surface area contributed by atoms with E-state index in [9.17, 15) is 37.1 Å². The number of fused-ring (bicyclic) bond motifs is 1. The lowest BCUT2D eigenvalue weighted by molar-refractivity contribution is -0.150. The molecule has 0 spiro atoms. The SMILES string of the molecule is C=C(COc1cc(NC(=O)NCc2ccc3c(c2F)CN(C2CCC(=O)NC2=O)C3=O)cc(C(F)(F)F)c1)C(=O)OC(C)(C)C. The summed E-state index contributed by atoms with van der Waals surface area (Å²) in [5.74, 6) is -3.60. The number of hydrogen-bond acceptors (Lipinski definition) is 7. The molecule has 1 atom stereocenters. The van der Waals surface area contributed by atoms with Crippen molar-refractivity contribution in [3.8, 4) is 5.75 Å². The van der Waals surface area contributed by atoms with E-state index in [4.69, 9.17) is 9.47 Å². The third kappa shape index (κ3) is 7.96. The van der Waals surface area contributed by atoms with Crippen LogP contribution >= 0.6 is 0 Å². The molecule has 2 aromatic carbocycles. The van der Waals surface area contributed by atoms with Gasteiger partial charge in [-0.1, -0.05) is 12.6 Å². The highest BCUT2D eigenvalue weighted by molar-refractivity contribution is 6.05. The van der Waals surface area contributed by atoms with Crippen LogP contribution in [0.3, 0.4) is 0 Å². The smallest absolute Gasteiger partial charge is 0.416 e. The van der Waals surface area contributed by atoms with Crippen molar-refractivity contribution < 1.29 is 51.0 Å². The number of rotatable bonds is 8. The second kappa shape index (κ2) is 12.6. The van der Waals surface area contributed by atoms with Crippen molar-refractivity contribution >= 4 is 35.4 Å². The third-order valence-electron chi connectivity index (χ3n) is 6.76. The maximum absolute atomic E-state index is 15.4. The minimum absolute atomic E-state index is 0.0112. The zero-order valence-electron chi connectivity index (χ0n) is 24.5. The summed E-state index contributed by atoms with van der Waals surface area (Å²) in [6.45, 7) is 7.33. The van der Waals surface area contributed by atoms with Crippen molar-refractivity contribution in [3.63, 3.8) is 0 Å². The van der Waals surface area contributed by atoms with E-state index in [1.807, 2.05) is 0 Å². The van der Waals surface area contributed by atoms with Crippen LogP contribution in [-0.4, -0.2) is 52.9 Å². The predicted octanol–water partition coefficient (Wildman–Crippen LogP) is 4.20. The number of nitrogens with zero attached hydrogens (tertiary/aromatic N) is 1. The summed E-state index contributed by atoms with van der Waals surface area (Å²) in [5, 5.41) is 6.76. The molecule has 2 heterocycles. The molecule has 45 heavy (non-hydrogen) atoms. The fraction of sp³-hybridized carbons (Fsp3) is 0.367. The average Bonchev–Trinajstić information content (AvgIpc) is 3.26. The molecule has 4 rings (SSSR count). The first-order chi connectivity index (χ1) is 20.9. The molecule has 0 bridgehead atoms. The first kappa shape index (κ1) is 33.0. The molecule has 5 amide bonds. The maximum atomic E-state index is 15.4. The standard InChI is InChI=1S/C30H30F4N4O7/c1-15(27(42)45-29(2,3)4)14-44-19-10-17(30(32,33)34)9-18(11-19)36-28(43)35-12-16-5-6-20-21(24(16)31)13-38(26(20)41)22-7-8-23(39)37-25(22)40/h5-6,9-11,22H,1,7-8,12-14H2,2-4H3,(H2,35,36,43)(H,37,39,40). The van der Waals surface area contributed by atoms with Gasteiger partial charge < -0.3 is 25.0 Å². The molecule has 1 saturated heterocycles. The predicted molar refractivity (Wildman–Crippen MR) is 150 cm³/mol. The van der Waals surface area contributed by atoms with Crippen molar-refractivity contribution in [1.29, 1.82) is 0 Å². The van der Waals surface area contributed by atoms with E-state index in [0.29, 0.717) is 12.1 Å². The number of nitrogens with one attached hydrogen (secondary N) is 3. The highest BCUT2D eigenvalue weighted by Gasteiger charge is 2.40. The van der Waals surface area contributed by atoms with Crippen LogP contribution in [-0.2, 0) is 38.4 Å². The summed E-state index contributed by atoms with van der Waals surface area (Å²) in [6, 6.07) is 3.16. The molecule has 1 fully saturated rings. The number of piperidine rings is 1. The number of amides is 5. The molecular formula is C30H30F4N4O7. The normalized spacial score (nSPS) is 16.6. The Balaban J connectivity index is 1.41. The number of carbonyl (C=O) groups excluding carboxylic acids is 5. The number of carbonyl (C=O) groups is 5. The van der Waals surface area contributed by atoms with E-state index in [1.54, 1.807) is 20.8 Å². The monoisotopic (exact) mass is 634 g/mol. The van der Waals surface area contributed by atoms with Crippen LogP contribution in [0.5, 0.6) is 5.75 Å². The topological polar surface area (TPSA) is 143 Å². The van der Waals surface area contributed by atoms with Gasteiger partial charge in [-0.3, -0.25) is 19.7 Å². The minimum atomic E-state index is -4.80. The first-order valence-electron chi connectivity index (χ1n) is 13.7. The first-order valence-corrected chi connectivity index (χ1v) is 13.7. The number of urea groups is 1. The van der Waals surface area contributed by atoms with Gasteiger partial charge in [-0.2, -0.15) is 13.2 Å². The summed E-state index contributed by atoms with van der Waals surface area (Å²) in [5.41, 5.74) is -2.39. The molecule has 2 aromatic rings. The van der Waals surface area contributed by atoms with Crippen molar-refractivity contribution in [2.24, 2.45) is 0 Å². The van der Waals surface area contributed by atoms with Gasteiger partial charge >= 0.3 is 18.2 Å². The summed E-state index contributed by atoms with van der Waals surface area (Å²) < 4.78 is 66.5. The number of halogens is 4. The number of hydrogen-bond donors (Lipinski definition) is 3. The van der Waals surface area contributed by atoms with Crippen LogP contribution in [0.4, 0.5) is 28.0 Å². The molecule has 0 aliphatic carbocycles. The Morgan fingerprint density at radius 2 is 1.82 bits per heavy atom. The van der Waals surface area contributed by atoms with E-state index in [2.05, 4.69) is 22.5 Å². The fourth-order valence-corrected chi connectivity index (χ4v) is 4.64. The van der Waals surface area contributed by atoms with Gasteiger partial charge in [-0.25, -0.2) is 14.0 Å². The summed E-state index contributed by atoms with van der Waals surface area (Å²) in [4.78, 5) is 62.4.